The number of benzene rings is 1. The van der Waals surface area contributed by atoms with Gasteiger partial charge in [0.25, 0.3) is 0 Å². The van der Waals surface area contributed by atoms with Gasteiger partial charge in [-0.05, 0) is 31.4 Å². The maximum atomic E-state index is 12.4. The summed E-state index contributed by atoms with van der Waals surface area (Å²) >= 11 is 0. The van der Waals surface area contributed by atoms with Crippen molar-refractivity contribution in [1.29, 1.82) is 0 Å². The Morgan fingerprint density at radius 2 is 2.28 bits per heavy atom. The lowest BCUT2D eigenvalue weighted by Gasteiger charge is -2.42. The number of likely N-dealkylation sites (tertiary alicyclic amines) is 1. The Labute approximate surface area is 144 Å². The Balaban J connectivity index is 1.60. The number of rotatable bonds is 5. The summed E-state index contributed by atoms with van der Waals surface area (Å²) in [5.41, 5.74) is -0.383. The molecule has 138 valence electrons. The van der Waals surface area contributed by atoms with E-state index in [0.717, 1.165) is 12.8 Å². The Hall–Kier alpha value is -1.77. The number of aliphatic hydroxyl groups is 1. The molecule has 0 aromatic heterocycles. The van der Waals surface area contributed by atoms with Crippen LogP contribution in [0.4, 0.5) is 14.5 Å². The number of nitrogens with one attached hydrogen (secondary N) is 1. The molecule has 3 rings (SSSR count). The van der Waals surface area contributed by atoms with Gasteiger partial charge >= 0.3 is 6.61 Å². The molecule has 2 aliphatic rings. The lowest BCUT2D eigenvalue weighted by molar-refractivity contribution is -0.137. The Morgan fingerprint density at radius 3 is 3.00 bits per heavy atom. The molecule has 2 N–H and O–H groups in total. The van der Waals surface area contributed by atoms with Crippen LogP contribution in [0, 0.1) is 0 Å². The number of hydrogen-bond donors (Lipinski definition) is 2. The van der Waals surface area contributed by atoms with Crippen molar-refractivity contribution in [3.63, 3.8) is 0 Å². The van der Waals surface area contributed by atoms with Crippen LogP contribution in [0.2, 0.25) is 0 Å². The number of halogens is 2. The number of piperidine rings is 1. The minimum absolute atomic E-state index is 0.0736. The zero-order chi connectivity index (χ0) is 17.9. The van der Waals surface area contributed by atoms with Crippen LogP contribution in [0.1, 0.15) is 19.3 Å². The van der Waals surface area contributed by atoms with Gasteiger partial charge in [0.2, 0.25) is 5.91 Å². The minimum Gasteiger partial charge on any atom is -0.433 e. The fraction of sp³-hybridized carbons (Fsp3) is 0.588. The number of alkyl halides is 2. The van der Waals surface area contributed by atoms with E-state index in [2.05, 4.69) is 10.1 Å². The fourth-order valence-electron chi connectivity index (χ4n) is 3.53. The first-order valence-electron chi connectivity index (χ1n) is 8.37. The average Bonchev–Trinajstić information content (AvgIpc) is 3.02. The van der Waals surface area contributed by atoms with Crippen LogP contribution in [0.15, 0.2) is 24.3 Å². The first-order valence-corrected chi connectivity index (χ1v) is 8.37. The molecule has 0 aliphatic carbocycles. The van der Waals surface area contributed by atoms with Gasteiger partial charge in [0.15, 0.2) is 0 Å². The van der Waals surface area contributed by atoms with Crippen molar-refractivity contribution in [2.45, 2.75) is 37.6 Å². The zero-order valence-corrected chi connectivity index (χ0v) is 13.8. The number of carbonyl (C=O) groups excluding carboxylic acids is 1. The highest BCUT2D eigenvalue weighted by molar-refractivity contribution is 5.93. The topological polar surface area (TPSA) is 71.0 Å². The van der Waals surface area contributed by atoms with Crippen LogP contribution in [-0.4, -0.2) is 60.5 Å². The fourth-order valence-corrected chi connectivity index (χ4v) is 3.53. The second-order valence-electron chi connectivity index (χ2n) is 6.45. The monoisotopic (exact) mass is 356 g/mol. The zero-order valence-electron chi connectivity index (χ0n) is 13.8. The van der Waals surface area contributed by atoms with Gasteiger partial charge < -0.3 is 19.9 Å². The van der Waals surface area contributed by atoms with Crippen molar-refractivity contribution in [2.24, 2.45) is 0 Å². The van der Waals surface area contributed by atoms with Gasteiger partial charge in [-0.2, -0.15) is 8.78 Å². The maximum Gasteiger partial charge on any atom is 0.387 e. The van der Waals surface area contributed by atoms with E-state index in [1.54, 1.807) is 12.1 Å². The highest BCUT2D eigenvalue weighted by Crippen LogP contribution is 2.34. The molecule has 2 fully saturated rings. The third-order valence-corrected chi connectivity index (χ3v) is 4.70. The summed E-state index contributed by atoms with van der Waals surface area (Å²) in [6.45, 7) is -1.18. The van der Waals surface area contributed by atoms with Crippen molar-refractivity contribution in [1.82, 2.24) is 4.90 Å². The van der Waals surface area contributed by atoms with Crippen molar-refractivity contribution in [3.8, 4) is 5.75 Å². The van der Waals surface area contributed by atoms with E-state index in [4.69, 9.17) is 4.74 Å². The standard InChI is InChI=1S/C17H22F2N2O4/c18-16(19)25-13-5-2-1-4-12(13)20-15(23)10-21-8-6-14(22)17(11-21)7-3-9-24-17/h1-2,4-5,14,16,22H,3,6-11H2,(H,20,23)/t14-,17-/m0/s1. The largest absolute Gasteiger partial charge is 0.433 e. The summed E-state index contributed by atoms with van der Waals surface area (Å²) in [6, 6.07) is 6.07. The lowest BCUT2D eigenvalue weighted by atomic mass is 9.87. The first kappa shape index (κ1) is 18.0. The molecule has 1 aromatic carbocycles. The molecule has 1 aromatic rings. The van der Waals surface area contributed by atoms with E-state index in [1.807, 2.05) is 4.90 Å². The summed E-state index contributed by atoms with van der Waals surface area (Å²) in [4.78, 5) is 14.2. The van der Waals surface area contributed by atoms with E-state index in [0.29, 0.717) is 26.1 Å². The molecular formula is C17H22F2N2O4. The lowest BCUT2D eigenvalue weighted by Crippen LogP contribution is -2.57. The number of anilines is 1. The molecule has 2 heterocycles. The normalized spacial score (nSPS) is 27.0. The van der Waals surface area contributed by atoms with E-state index in [1.165, 1.54) is 12.1 Å². The quantitative estimate of drug-likeness (QED) is 0.843. The van der Waals surface area contributed by atoms with Crippen molar-refractivity contribution in [2.75, 3.05) is 31.6 Å². The molecule has 2 aliphatic heterocycles. The number of hydrogen-bond acceptors (Lipinski definition) is 5. The van der Waals surface area contributed by atoms with Gasteiger partial charge in [-0.25, -0.2) is 0 Å². The SMILES string of the molecule is O=C(CN1CC[C@H](O)[C@]2(CCCO2)C1)Nc1ccccc1OC(F)F. The average molecular weight is 356 g/mol. The molecule has 8 heteroatoms. The Bertz CT molecular complexity index is 608. The second kappa shape index (κ2) is 7.63. The molecule has 25 heavy (non-hydrogen) atoms. The predicted octanol–water partition coefficient (Wildman–Crippen LogP) is 1.84. The van der Waals surface area contributed by atoms with E-state index in [-0.39, 0.29) is 23.9 Å². The van der Waals surface area contributed by atoms with Crippen LogP contribution in [-0.2, 0) is 9.53 Å². The highest BCUT2D eigenvalue weighted by Gasteiger charge is 2.46. The Kier molecular flexibility index (Phi) is 5.51. The predicted molar refractivity (Wildman–Crippen MR) is 86.7 cm³/mol. The van der Waals surface area contributed by atoms with Crippen LogP contribution in [0.5, 0.6) is 5.75 Å². The Morgan fingerprint density at radius 1 is 1.48 bits per heavy atom. The smallest absolute Gasteiger partial charge is 0.387 e. The highest BCUT2D eigenvalue weighted by atomic mass is 19.3. The number of aliphatic hydroxyl groups excluding tert-OH is 1. The molecule has 0 radical (unpaired) electrons. The van der Waals surface area contributed by atoms with Gasteiger partial charge in [0.1, 0.15) is 11.4 Å². The van der Waals surface area contributed by atoms with Gasteiger partial charge in [-0.3, -0.25) is 9.69 Å². The number of para-hydroxylation sites is 2. The van der Waals surface area contributed by atoms with E-state index in [9.17, 15) is 18.7 Å². The molecule has 0 bridgehead atoms. The third-order valence-electron chi connectivity index (χ3n) is 4.70. The molecule has 2 saturated heterocycles. The summed E-state index contributed by atoms with van der Waals surface area (Å²) in [7, 11) is 0. The number of nitrogens with zero attached hydrogens (tertiary/aromatic N) is 1. The maximum absolute atomic E-state index is 12.4. The number of ether oxygens (including phenoxy) is 2. The molecule has 2 atom stereocenters. The van der Waals surface area contributed by atoms with Gasteiger partial charge in [-0.15, -0.1) is 0 Å². The summed E-state index contributed by atoms with van der Waals surface area (Å²) < 4.78 is 35.0. The van der Waals surface area contributed by atoms with Crippen molar-refractivity contribution in [3.05, 3.63) is 24.3 Å². The van der Waals surface area contributed by atoms with Gasteiger partial charge in [-0.1, -0.05) is 12.1 Å². The van der Waals surface area contributed by atoms with Crippen molar-refractivity contribution < 1.29 is 28.2 Å². The van der Waals surface area contributed by atoms with Crippen LogP contribution >= 0.6 is 0 Å². The third kappa shape index (κ3) is 4.26. The summed E-state index contributed by atoms with van der Waals surface area (Å²) in [5.74, 6) is -0.398. The van der Waals surface area contributed by atoms with Crippen LogP contribution < -0.4 is 10.1 Å². The molecular weight excluding hydrogens is 334 g/mol. The molecule has 0 saturated carbocycles. The molecule has 6 nitrogen and oxygen atoms in total. The molecule has 1 spiro atoms. The molecule has 1 amide bonds. The second-order valence-corrected chi connectivity index (χ2v) is 6.45. The minimum atomic E-state index is -2.96. The number of carbonyl (C=O) groups is 1. The van der Waals surface area contributed by atoms with Gasteiger partial charge in [0, 0.05) is 19.7 Å². The summed E-state index contributed by atoms with van der Waals surface area (Å²) in [6.07, 6.45) is 1.69. The molecule has 0 unspecified atom stereocenters. The van der Waals surface area contributed by atoms with Crippen LogP contribution in [0.25, 0.3) is 0 Å². The number of amides is 1. The van der Waals surface area contributed by atoms with Gasteiger partial charge in [0.05, 0.1) is 18.3 Å². The van der Waals surface area contributed by atoms with E-state index >= 15 is 0 Å². The van der Waals surface area contributed by atoms with Crippen LogP contribution in [0.3, 0.4) is 0 Å². The van der Waals surface area contributed by atoms with E-state index < -0.39 is 18.3 Å². The summed E-state index contributed by atoms with van der Waals surface area (Å²) in [5, 5.41) is 12.8. The van der Waals surface area contributed by atoms with Crippen molar-refractivity contribution >= 4 is 11.6 Å². The first-order chi connectivity index (χ1) is 12.0.